The molecule has 8 aromatic carbocycles. The van der Waals surface area contributed by atoms with Crippen LogP contribution in [-0.2, 0) is 0 Å². The van der Waals surface area contributed by atoms with E-state index in [1.165, 1.54) is 65.1 Å². The summed E-state index contributed by atoms with van der Waals surface area (Å²) in [6, 6.07) is 44.0. The van der Waals surface area contributed by atoms with Crippen molar-refractivity contribution in [2.75, 3.05) is 4.90 Å². The molecule has 0 saturated heterocycles. The lowest BCUT2D eigenvalue weighted by Gasteiger charge is -2.29. The SMILES string of the molecule is Cc1ccc2ccc3c(N(c4ccccc4)c4ccc5oc6cccc7ccc4c5c76)ccc4ccc1c2c43. The van der Waals surface area contributed by atoms with Crippen molar-refractivity contribution in [2.45, 2.75) is 6.92 Å². The third kappa shape index (κ3) is 2.75. The Morgan fingerprint density at radius 2 is 1.03 bits per heavy atom. The average Bonchev–Trinajstić information content (AvgIpc) is 3.37. The van der Waals surface area contributed by atoms with E-state index in [1.54, 1.807) is 0 Å². The molecule has 1 aromatic heterocycles. The number of hydrogen-bond acceptors (Lipinski definition) is 2. The van der Waals surface area contributed by atoms with Crippen LogP contribution in [0.5, 0.6) is 0 Å². The quantitative estimate of drug-likeness (QED) is 0.226. The molecule has 0 N–H and O–H groups in total. The maximum Gasteiger partial charge on any atom is 0.136 e. The highest BCUT2D eigenvalue weighted by Gasteiger charge is 2.22. The molecule has 0 atom stereocenters. The molecule has 0 radical (unpaired) electrons. The molecule has 39 heavy (non-hydrogen) atoms. The molecule has 0 aliphatic rings. The van der Waals surface area contributed by atoms with Crippen LogP contribution in [0.1, 0.15) is 5.56 Å². The Labute approximate surface area is 225 Å². The highest BCUT2D eigenvalue weighted by Crippen LogP contribution is 2.48. The van der Waals surface area contributed by atoms with Gasteiger partial charge in [0.05, 0.1) is 11.4 Å². The largest absolute Gasteiger partial charge is 0.456 e. The van der Waals surface area contributed by atoms with E-state index in [2.05, 4.69) is 133 Å². The predicted molar refractivity (Wildman–Crippen MR) is 166 cm³/mol. The molecule has 0 aliphatic carbocycles. The molecule has 1 heterocycles. The Hall–Kier alpha value is -5.08. The Morgan fingerprint density at radius 3 is 1.82 bits per heavy atom. The summed E-state index contributed by atoms with van der Waals surface area (Å²) < 4.78 is 6.30. The maximum atomic E-state index is 6.30. The number of para-hydroxylation sites is 1. The van der Waals surface area contributed by atoms with Gasteiger partial charge in [0.15, 0.2) is 0 Å². The lowest BCUT2D eigenvalue weighted by atomic mass is 9.91. The summed E-state index contributed by atoms with van der Waals surface area (Å²) in [5.41, 5.74) is 6.63. The Kier molecular flexibility index (Phi) is 4.02. The third-order valence-electron chi connectivity index (χ3n) is 8.50. The highest BCUT2D eigenvalue weighted by molar-refractivity contribution is 6.28. The van der Waals surface area contributed by atoms with Crippen molar-refractivity contribution in [3.63, 3.8) is 0 Å². The smallest absolute Gasteiger partial charge is 0.136 e. The van der Waals surface area contributed by atoms with E-state index in [4.69, 9.17) is 4.42 Å². The van der Waals surface area contributed by atoms with Crippen molar-refractivity contribution in [2.24, 2.45) is 0 Å². The van der Waals surface area contributed by atoms with E-state index in [0.29, 0.717) is 0 Å². The number of rotatable bonds is 3. The van der Waals surface area contributed by atoms with Gasteiger partial charge in [-0.1, -0.05) is 84.9 Å². The lowest BCUT2D eigenvalue weighted by Crippen LogP contribution is -2.11. The minimum atomic E-state index is 0.930. The van der Waals surface area contributed by atoms with Crippen LogP contribution < -0.4 is 4.90 Å². The topological polar surface area (TPSA) is 16.4 Å². The van der Waals surface area contributed by atoms with Gasteiger partial charge in [0.25, 0.3) is 0 Å². The molecule has 182 valence electrons. The molecule has 0 amide bonds. The number of aryl methyl sites for hydroxylation is 1. The van der Waals surface area contributed by atoms with Crippen molar-refractivity contribution in [3.8, 4) is 0 Å². The van der Waals surface area contributed by atoms with Crippen LogP contribution in [0, 0.1) is 6.92 Å². The van der Waals surface area contributed by atoms with Crippen LogP contribution in [0.15, 0.2) is 126 Å². The molecule has 0 unspecified atom stereocenters. The number of hydrogen-bond donors (Lipinski definition) is 0. The van der Waals surface area contributed by atoms with Gasteiger partial charge in [-0.05, 0) is 81.2 Å². The monoisotopic (exact) mass is 497 g/mol. The molecule has 0 aliphatic heterocycles. The van der Waals surface area contributed by atoms with Gasteiger partial charge in [0.2, 0.25) is 0 Å². The zero-order valence-electron chi connectivity index (χ0n) is 21.4. The van der Waals surface area contributed by atoms with E-state index in [9.17, 15) is 0 Å². The molecular weight excluding hydrogens is 474 g/mol. The first-order valence-corrected chi connectivity index (χ1v) is 13.4. The van der Waals surface area contributed by atoms with Gasteiger partial charge in [0, 0.05) is 27.2 Å². The van der Waals surface area contributed by atoms with Gasteiger partial charge in [-0.25, -0.2) is 0 Å². The van der Waals surface area contributed by atoms with Crippen molar-refractivity contribution < 1.29 is 4.42 Å². The van der Waals surface area contributed by atoms with Crippen molar-refractivity contribution in [3.05, 3.63) is 127 Å². The third-order valence-corrected chi connectivity index (χ3v) is 8.50. The summed E-state index contributed by atoms with van der Waals surface area (Å²) >= 11 is 0. The molecule has 0 spiro atoms. The summed E-state index contributed by atoms with van der Waals surface area (Å²) in [7, 11) is 0. The fourth-order valence-corrected chi connectivity index (χ4v) is 6.74. The average molecular weight is 498 g/mol. The molecule has 9 rings (SSSR count). The second kappa shape index (κ2) is 7.49. The summed E-state index contributed by atoms with van der Waals surface area (Å²) in [4.78, 5) is 2.42. The van der Waals surface area contributed by atoms with E-state index in [-0.39, 0.29) is 0 Å². The first-order chi connectivity index (χ1) is 19.3. The molecule has 0 fully saturated rings. The van der Waals surface area contributed by atoms with Gasteiger partial charge in [-0.3, -0.25) is 0 Å². The molecule has 9 aromatic rings. The number of benzene rings is 8. The van der Waals surface area contributed by atoms with E-state index in [0.717, 1.165) is 22.5 Å². The van der Waals surface area contributed by atoms with Crippen LogP contribution in [0.3, 0.4) is 0 Å². The number of furan rings is 1. The number of nitrogens with zero attached hydrogens (tertiary/aromatic N) is 1. The molecule has 0 saturated carbocycles. The molecular formula is C37H23NO. The van der Waals surface area contributed by atoms with Gasteiger partial charge >= 0.3 is 0 Å². The summed E-state index contributed by atoms with van der Waals surface area (Å²) in [6.07, 6.45) is 0. The Bertz CT molecular complexity index is 2340. The second-order valence-corrected chi connectivity index (χ2v) is 10.6. The van der Waals surface area contributed by atoms with Crippen molar-refractivity contribution in [1.29, 1.82) is 0 Å². The molecule has 2 heteroatoms. The van der Waals surface area contributed by atoms with Crippen LogP contribution in [-0.4, -0.2) is 0 Å². The minimum absolute atomic E-state index is 0.930. The highest BCUT2D eigenvalue weighted by atomic mass is 16.3. The normalized spacial score (nSPS) is 12.2. The zero-order chi connectivity index (χ0) is 25.7. The summed E-state index contributed by atoms with van der Waals surface area (Å²) in [5.74, 6) is 0. The van der Waals surface area contributed by atoms with Crippen LogP contribution in [0.2, 0.25) is 0 Å². The van der Waals surface area contributed by atoms with Gasteiger partial charge in [-0.15, -0.1) is 0 Å². The lowest BCUT2D eigenvalue weighted by molar-refractivity contribution is 0.669. The Morgan fingerprint density at radius 1 is 0.436 bits per heavy atom. The Balaban J connectivity index is 1.42. The summed E-state index contributed by atoms with van der Waals surface area (Å²) in [5, 5.41) is 12.6. The van der Waals surface area contributed by atoms with Crippen LogP contribution >= 0.6 is 0 Å². The standard InChI is InChI=1S/C37H23NO/c1-22-10-11-24-14-17-28-30(19-15-25-12-16-27(22)34(24)35(25)28)38(26-7-3-2-4-8-26)31-20-21-33-37-29(31)18-13-23-6-5-9-32(39-33)36(23)37/h2-21H,1H3. The second-order valence-electron chi connectivity index (χ2n) is 10.6. The predicted octanol–water partition coefficient (Wildman–Crippen LogP) is 10.9. The summed E-state index contributed by atoms with van der Waals surface area (Å²) in [6.45, 7) is 2.21. The first kappa shape index (κ1) is 20.9. The fraction of sp³-hybridized carbons (Fsp3) is 0.0270. The van der Waals surface area contributed by atoms with Gasteiger partial charge < -0.3 is 9.32 Å². The van der Waals surface area contributed by atoms with Crippen molar-refractivity contribution >= 4 is 82.1 Å². The van der Waals surface area contributed by atoms with E-state index in [1.807, 2.05) is 0 Å². The molecule has 2 nitrogen and oxygen atoms in total. The van der Waals surface area contributed by atoms with Crippen LogP contribution in [0.25, 0.3) is 65.0 Å². The fourth-order valence-electron chi connectivity index (χ4n) is 6.74. The molecule has 0 bridgehead atoms. The first-order valence-electron chi connectivity index (χ1n) is 13.4. The number of anilines is 3. The van der Waals surface area contributed by atoms with Crippen molar-refractivity contribution in [1.82, 2.24) is 0 Å². The van der Waals surface area contributed by atoms with E-state index < -0.39 is 0 Å². The van der Waals surface area contributed by atoms with E-state index >= 15 is 0 Å². The maximum absolute atomic E-state index is 6.30. The van der Waals surface area contributed by atoms with Crippen LogP contribution in [0.4, 0.5) is 17.1 Å². The van der Waals surface area contributed by atoms with Gasteiger partial charge in [0.1, 0.15) is 11.2 Å². The van der Waals surface area contributed by atoms with Gasteiger partial charge in [-0.2, -0.15) is 0 Å². The minimum Gasteiger partial charge on any atom is -0.456 e. The zero-order valence-corrected chi connectivity index (χ0v) is 21.4.